The number of benzene rings is 7. The van der Waals surface area contributed by atoms with Crippen LogP contribution in [-0.2, 0) is 32.3 Å². The first-order valence-corrected chi connectivity index (χ1v) is 26.2. The van der Waals surface area contributed by atoms with Gasteiger partial charge in [0.15, 0.2) is 0 Å². The predicted octanol–water partition coefficient (Wildman–Crippen LogP) is 8.27. The minimum Gasteiger partial charge on any atom is -1.00 e. The minimum atomic E-state index is -0.771. The molecule has 4 heterocycles. The second-order valence-electron chi connectivity index (χ2n) is 19.2. The topological polar surface area (TPSA) is 262 Å². The maximum atomic E-state index is 15.3. The fourth-order valence-electron chi connectivity index (χ4n) is 10.2. The number of methoxy groups -OCH3 is 4. The summed E-state index contributed by atoms with van der Waals surface area (Å²) in [5.74, 6) is -2.20. The summed E-state index contributed by atoms with van der Waals surface area (Å²) >= 11 is 0. The van der Waals surface area contributed by atoms with Gasteiger partial charge in [-0.05, 0) is 91.2 Å². The molecule has 468 valence electrons. The first-order chi connectivity index (χ1) is 42.3. The van der Waals surface area contributed by atoms with Crippen molar-refractivity contribution < 1.29 is 215 Å². The van der Waals surface area contributed by atoms with Gasteiger partial charge >= 0.3 is 150 Å². The van der Waals surface area contributed by atoms with Crippen molar-refractivity contribution in [2.45, 2.75) is 48.8 Å². The number of aromatic nitrogens is 4. The summed E-state index contributed by atoms with van der Waals surface area (Å²) in [5, 5.41) is 33.7. The zero-order valence-electron chi connectivity index (χ0n) is 50.8. The second-order valence-corrected chi connectivity index (χ2v) is 19.2. The average molecular weight is 1500 g/mol. The third-order valence-corrected chi connectivity index (χ3v) is 13.8. The van der Waals surface area contributed by atoms with Gasteiger partial charge in [-0.15, -0.1) is 0 Å². The third kappa shape index (κ3) is 17.0. The molecule has 92 heavy (non-hydrogen) atoms. The largest absolute Gasteiger partial charge is 1.00 e. The van der Waals surface area contributed by atoms with Crippen LogP contribution in [0.4, 0.5) is 28.9 Å². The molecule has 4 aromatic heterocycles. The van der Waals surface area contributed by atoms with Gasteiger partial charge in [0, 0.05) is 91.6 Å². The first kappa shape index (κ1) is 77.3. The molecule has 26 heteroatoms. The van der Waals surface area contributed by atoms with Gasteiger partial charge in [-0.25, -0.2) is 37.1 Å². The molecule has 0 aliphatic carbocycles. The number of aryl methyl sites for hydroxylation is 3. The molecule has 1 N–H and O–H groups in total. The van der Waals surface area contributed by atoms with Gasteiger partial charge in [0.05, 0.1) is 55.9 Å². The van der Waals surface area contributed by atoms with E-state index in [0.717, 1.165) is 47.0 Å². The third-order valence-electron chi connectivity index (χ3n) is 13.8. The number of esters is 2. The van der Waals surface area contributed by atoms with E-state index >= 15 is 4.39 Å². The molecule has 11 rings (SSSR count). The molecule has 0 saturated heterocycles. The molecule has 7 aromatic carbocycles. The number of rotatable bonds is 14. The monoisotopic (exact) mass is 1500 g/mol. The number of non-ortho nitro benzene ring substituents is 2. The van der Waals surface area contributed by atoms with Crippen molar-refractivity contribution in [3.63, 3.8) is 0 Å². The van der Waals surface area contributed by atoms with Crippen molar-refractivity contribution in [2.75, 3.05) is 28.4 Å². The summed E-state index contributed by atoms with van der Waals surface area (Å²) in [6.45, 7) is 5.29. The Labute approximate surface area is 644 Å². The van der Waals surface area contributed by atoms with Crippen LogP contribution in [0.25, 0.3) is 65.6 Å². The molecule has 0 amide bonds. The number of hydrogen-bond acceptors (Lipinski definition) is 16. The molecule has 20 nitrogen and oxygen atoms in total. The Morgan fingerprint density at radius 1 is 0.609 bits per heavy atom. The summed E-state index contributed by atoms with van der Waals surface area (Å²) in [6.07, 6.45) is 3.13. The Kier molecular flexibility index (Phi) is 29.6. The van der Waals surface area contributed by atoms with E-state index in [1.165, 1.54) is 57.4 Å². The van der Waals surface area contributed by atoms with E-state index in [2.05, 4.69) is 19.8 Å². The summed E-state index contributed by atoms with van der Waals surface area (Å²) < 4.78 is 86.3. The average Bonchev–Trinajstić information content (AvgIpc) is 1.59. The first-order valence-electron chi connectivity index (χ1n) is 26.2. The molecule has 0 aliphatic rings. The van der Waals surface area contributed by atoms with Crippen molar-refractivity contribution in [3.8, 4) is 39.8 Å². The minimum absolute atomic E-state index is 0. The Bertz CT molecular complexity index is 4490. The molecule has 11 aromatic rings. The fraction of sp³-hybridized carbons (Fsp3) is 0.167. The number of nitro benzene ring substituents is 2. The van der Waals surface area contributed by atoms with Crippen molar-refractivity contribution in [3.05, 3.63) is 229 Å². The Balaban J connectivity index is 0.000000357. The van der Waals surface area contributed by atoms with Crippen LogP contribution in [0.15, 0.2) is 146 Å². The quantitative estimate of drug-likeness (QED) is 0.0268. The number of nitrogens with zero attached hydrogens (tertiary/aromatic N) is 5. The molecule has 0 aliphatic heterocycles. The van der Waals surface area contributed by atoms with Gasteiger partial charge in [0.2, 0.25) is 11.8 Å². The number of carbonyl (C=O) groups excluding carboxylic acids is 3. The summed E-state index contributed by atoms with van der Waals surface area (Å²) in [5.41, 5.74) is 5.66. The van der Waals surface area contributed by atoms with Gasteiger partial charge in [-0.2, -0.15) is 0 Å². The number of nitrogens with one attached hydrogen (secondary N) is 1. The van der Waals surface area contributed by atoms with E-state index in [-0.39, 0.29) is 225 Å². The maximum absolute atomic E-state index is 15.3. The normalized spacial score (nSPS) is 10.2. The standard InChI is InChI=1S/C27H19F2N3O5.C20H15FN2O3.C16H16FNO3.CH2O3.2CH4.2Cs.H/c1-36-26-19(8-5-11-30-26)24-23-18-7-4-3-6-17(18)21(29)13-22(23)31(25(24)27(33)37-2)14-15-12-16(32(34)35)9-10-20(15)28;1-25-19-13(8-5-9-22-19)17-16-12-7-4-3-6-11(12)14(21)10-15(16)23-18(17)20(24)26-2;1-10-6-11(2)16(12(3)7-10)21-9-13-8-14(18(19)20)4-5-15(13)17;2-1-4-3;;;;;/h3-13H,14H2,1-2H3;3-10,23H,1-2H3;4-8H,9H2,1-3H3;1,3H;2*1H4;;;/q;;;;;;2*+1;-1/p-1. The molecule has 0 fully saturated rings. The molecule has 0 spiro atoms. The van der Waals surface area contributed by atoms with E-state index in [9.17, 15) is 43.0 Å². The number of nitro groups is 2. The van der Waals surface area contributed by atoms with Gasteiger partial charge in [0.25, 0.3) is 17.8 Å². The van der Waals surface area contributed by atoms with E-state index in [0.29, 0.717) is 71.7 Å². The van der Waals surface area contributed by atoms with E-state index in [1.807, 2.05) is 45.0 Å². The Hall–Kier alpha value is -7.17. The van der Waals surface area contributed by atoms with E-state index in [1.54, 1.807) is 66.9 Å². The van der Waals surface area contributed by atoms with E-state index < -0.39 is 39.2 Å². The fourth-order valence-corrected chi connectivity index (χ4v) is 10.2. The number of ether oxygens (including phenoxy) is 5. The summed E-state index contributed by atoms with van der Waals surface area (Å²) in [7, 11) is 5.44. The van der Waals surface area contributed by atoms with Gasteiger partial charge in [-0.1, -0.05) is 81.1 Å². The van der Waals surface area contributed by atoms with Crippen LogP contribution in [0.3, 0.4) is 0 Å². The molecule has 0 radical (unpaired) electrons. The molecular weight excluding hydrogens is 1440 g/mol. The second kappa shape index (κ2) is 35.2. The summed E-state index contributed by atoms with van der Waals surface area (Å²) in [4.78, 5) is 69.2. The Morgan fingerprint density at radius 2 is 1.08 bits per heavy atom. The number of fused-ring (bicyclic) bond motifs is 6. The SMILES string of the molecule is C.C.COC(=O)c1[nH]c2cc(F)c3ccccc3c2c1-c1cccnc1OC.COC(=O)c1c(-c2cccnc2OC)c2c3ccccc3c(F)cc2n1Cc1cc([N+](=O)[O-])ccc1F.Cc1cc(C)c(OCc2cc([N+](=O)[O-])ccc2F)c(C)c1.O=CO[O-].[Cs+].[Cs+].[H-]. The van der Waals surface area contributed by atoms with Crippen LogP contribution in [0.5, 0.6) is 17.5 Å². The van der Waals surface area contributed by atoms with Crippen molar-refractivity contribution in [1.82, 2.24) is 19.5 Å². The number of H-pyrrole nitrogens is 1. The number of halogens is 4. The number of carbonyl (C=O) groups is 3. The van der Waals surface area contributed by atoms with Crippen molar-refractivity contribution >= 4 is 73.1 Å². The molecular formula is C66H60Cs2F4N6O14. The molecule has 0 unspecified atom stereocenters. The van der Waals surface area contributed by atoms with Crippen LogP contribution in [-0.4, -0.2) is 76.2 Å². The van der Waals surface area contributed by atoms with E-state index in [4.69, 9.17) is 33.7 Å². The zero-order chi connectivity index (χ0) is 63.5. The van der Waals surface area contributed by atoms with Gasteiger partial charge in [-0.3, -0.25) is 25.0 Å². The van der Waals surface area contributed by atoms with Crippen LogP contribution in [0, 0.1) is 64.3 Å². The smallest absolute Gasteiger partial charge is 1.00 e. The van der Waals surface area contributed by atoms with Gasteiger partial charge < -0.3 is 44.8 Å². The van der Waals surface area contributed by atoms with Crippen LogP contribution in [0.1, 0.15) is 65.1 Å². The van der Waals surface area contributed by atoms with Crippen molar-refractivity contribution in [1.29, 1.82) is 0 Å². The Morgan fingerprint density at radius 3 is 1.57 bits per heavy atom. The molecule has 0 saturated carbocycles. The molecule has 0 atom stereocenters. The number of hydrogen-bond donors (Lipinski definition) is 1. The predicted molar refractivity (Wildman–Crippen MR) is 329 cm³/mol. The maximum Gasteiger partial charge on any atom is 1.00 e. The van der Waals surface area contributed by atoms with Crippen molar-refractivity contribution in [2.24, 2.45) is 0 Å². The molecule has 0 bridgehead atoms. The summed E-state index contributed by atoms with van der Waals surface area (Å²) in [6, 6.07) is 34.0. The van der Waals surface area contributed by atoms with Crippen LogP contribution in [0.2, 0.25) is 0 Å². The number of pyridine rings is 2. The van der Waals surface area contributed by atoms with Crippen LogP contribution < -0.4 is 157 Å². The zero-order valence-corrected chi connectivity index (χ0v) is 62.4. The van der Waals surface area contributed by atoms with Gasteiger partial charge in [0.1, 0.15) is 47.0 Å². The number of aromatic amines is 1. The van der Waals surface area contributed by atoms with Crippen LogP contribution >= 0.6 is 0 Å².